The first-order chi connectivity index (χ1) is 10.2. The lowest BCUT2D eigenvalue weighted by molar-refractivity contribution is 0.561. The molecule has 1 aliphatic rings. The lowest BCUT2D eigenvalue weighted by atomic mass is 10.1. The van der Waals surface area contributed by atoms with Crippen LogP contribution in [0, 0.1) is 17.1 Å². The molecular formula is C17H24FN3. The summed E-state index contributed by atoms with van der Waals surface area (Å²) in [6, 6.07) is 8.20. The molecule has 2 rings (SSSR count). The zero-order valence-corrected chi connectivity index (χ0v) is 12.9. The summed E-state index contributed by atoms with van der Waals surface area (Å²) in [5.41, 5.74) is 1.61. The fourth-order valence-corrected chi connectivity index (χ4v) is 2.56. The van der Waals surface area contributed by atoms with E-state index in [-0.39, 0.29) is 11.9 Å². The van der Waals surface area contributed by atoms with E-state index in [0.717, 1.165) is 31.4 Å². The highest BCUT2D eigenvalue weighted by Crippen LogP contribution is 2.34. The van der Waals surface area contributed by atoms with Gasteiger partial charge in [-0.3, -0.25) is 0 Å². The maximum absolute atomic E-state index is 14.4. The number of hydrogen-bond donors (Lipinski definition) is 1. The number of benzene rings is 1. The summed E-state index contributed by atoms with van der Waals surface area (Å²) in [6.07, 6.45) is 3.70. The van der Waals surface area contributed by atoms with Crippen molar-refractivity contribution in [3.05, 3.63) is 29.6 Å². The standard InChI is InChI=1S/C17H24FN3/c1-3-10-20-13(2)14-5-8-17(16(18)12-14)21(11-4-9-19)15-6-7-15/h5,8,12-13,15,20H,3-4,6-7,10-11H2,1-2H3. The predicted molar refractivity (Wildman–Crippen MR) is 83.7 cm³/mol. The monoisotopic (exact) mass is 289 g/mol. The van der Waals surface area contributed by atoms with E-state index >= 15 is 0 Å². The van der Waals surface area contributed by atoms with E-state index < -0.39 is 0 Å². The summed E-state index contributed by atoms with van der Waals surface area (Å²) in [7, 11) is 0. The van der Waals surface area contributed by atoms with E-state index in [1.807, 2.05) is 17.0 Å². The van der Waals surface area contributed by atoms with Crippen LogP contribution in [-0.2, 0) is 0 Å². The molecule has 0 saturated heterocycles. The third-order valence-corrected chi connectivity index (χ3v) is 3.93. The molecule has 0 radical (unpaired) electrons. The van der Waals surface area contributed by atoms with Crippen molar-refractivity contribution in [2.45, 2.75) is 51.6 Å². The Morgan fingerprint density at radius 3 is 2.81 bits per heavy atom. The third kappa shape index (κ3) is 4.18. The van der Waals surface area contributed by atoms with E-state index in [0.29, 0.717) is 24.7 Å². The molecule has 1 fully saturated rings. The summed E-state index contributed by atoms with van der Waals surface area (Å²) in [5.74, 6) is -0.178. The summed E-state index contributed by atoms with van der Waals surface area (Å²) >= 11 is 0. The van der Waals surface area contributed by atoms with Gasteiger partial charge in [0.05, 0.1) is 18.2 Å². The van der Waals surface area contributed by atoms with Crippen molar-refractivity contribution in [2.24, 2.45) is 0 Å². The zero-order valence-electron chi connectivity index (χ0n) is 12.9. The van der Waals surface area contributed by atoms with Gasteiger partial charge in [-0.15, -0.1) is 0 Å². The van der Waals surface area contributed by atoms with Crippen LogP contribution in [0.1, 0.15) is 51.1 Å². The van der Waals surface area contributed by atoms with Gasteiger partial charge in [-0.25, -0.2) is 4.39 Å². The normalized spacial score (nSPS) is 15.5. The van der Waals surface area contributed by atoms with Crippen LogP contribution in [-0.4, -0.2) is 19.1 Å². The van der Waals surface area contributed by atoms with Crippen molar-refractivity contribution in [1.82, 2.24) is 5.32 Å². The number of anilines is 1. The quantitative estimate of drug-likeness (QED) is 0.792. The van der Waals surface area contributed by atoms with Crippen LogP contribution >= 0.6 is 0 Å². The minimum atomic E-state index is -0.178. The molecule has 0 bridgehead atoms. The molecule has 1 saturated carbocycles. The molecule has 1 unspecified atom stereocenters. The smallest absolute Gasteiger partial charge is 0.146 e. The van der Waals surface area contributed by atoms with Crippen LogP contribution in [0.5, 0.6) is 0 Å². The molecule has 0 aromatic heterocycles. The molecule has 1 N–H and O–H groups in total. The highest BCUT2D eigenvalue weighted by Gasteiger charge is 2.30. The van der Waals surface area contributed by atoms with Gasteiger partial charge in [0, 0.05) is 18.6 Å². The lowest BCUT2D eigenvalue weighted by Crippen LogP contribution is -2.27. The summed E-state index contributed by atoms with van der Waals surface area (Å²) in [5, 5.41) is 12.1. The second kappa shape index (κ2) is 7.42. The summed E-state index contributed by atoms with van der Waals surface area (Å²) in [4.78, 5) is 2.05. The minimum Gasteiger partial charge on any atom is -0.365 e. The van der Waals surface area contributed by atoms with E-state index in [4.69, 9.17) is 5.26 Å². The molecule has 1 aromatic carbocycles. The number of nitriles is 1. The van der Waals surface area contributed by atoms with Gasteiger partial charge in [-0.05, 0) is 50.4 Å². The first-order valence-corrected chi connectivity index (χ1v) is 7.83. The fourth-order valence-electron chi connectivity index (χ4n) is 2.56. The molecule has 0 spiro atoms. The molecule has 4 heteroatoms. The van der Waals surface area contributed by atoms with Gasteiger partial charge in [0.1, 0.15) is 5.82 Å². The second-order valence-corrected chi connectivity index (χ2v) is 5.72. The van der Waals surface area contributed by atoms with E-state index in [9.17, 15) is 4.39 Å². The average molecular weight is 289 g/mol. The van der Waals surface area contributed by atoms with Crippen LogP contribution < -0.4 is 10.2 Å². The van der Waals surface area contributed by atoms with Crippen LogP contribution in [0.4, 0.5) is 10.1 Å². The Bertz CT molecular complexity index is 505. The van der Waals surface area contributed by atoms with Crippen molar-refractivity contribution >= 4 is 5.69 Å². The van der Waals surface area contributed by atoms with E-state index in [1.54, 1.807) is 6.07 Å². The molecule has 3 nitrogen and oxygen atoms in total. The fraction of sp³-hybridized carbons (Fsp3) is 0.588. The Morgan fingerprint density at radius 1 is 1.48 bits per heavy atom. The van der Waals surface area contributed by atoms with Crippen LogP contribution in [0.3, 0.4) is 0 Å². The third-order valence-electron chi connectivity index (χ3n) is 3.93. The SMILES string of the molecule is CCCNC(C)c1ccc(N(CCC#N)C2CC2)c(F)c1. The average Bonchev–Trinajstić information content (AvgIpc) is 3.31. The van der Waals surface area contributed by atoms with Crippen LogP contribution in [0.2, 0.25) is 0 Å². The molecule has 0 aliphatic heterocycles. The Kier molecular flexibility index (Phi) is 5.58. The van der Waals surface area contributed by atoms with E-state index in [2.05, 4.69) is 25.2 Å². The number of hydrogen-bond acceptors (Lipinski definition) is 3. The molecule has 1 aromatic rings. The van der Waals surface area contributed by atoms with Crippen molar-refractivity contribution in [3.8, 4) is 6.07 Å². The zero-order chi connectivity index (χ0) is 15.2. The number of nitrogens with one attached hydrogen (secondary N) is 1. The van der Waals surface area contributed by atoms with Gasteiger partial charge in [0.25, 0.3) is 0 Å². The van der Waals surface area contributed by atoms with Gasteiger partial charge >= 0.3 is 0 Å². The van der Waals surface area contributed by atoms with Gasteiger partial charge in [0.15, 0.2) is 0 Å². The molecule has 114 valence electrons. The summed E-state index contributed by atoms with van der Waals surface area (Å²) in [6.45, 7) is 5.71. The molecule has 0 amide bonds. The lowest BCUT2D eigenvalue weighted by Gasteiger charge is -2.25. The van der Waals surface area contributed by atoms with Crippen molar-refractivity contribution in [3.63, 3.8) is 0 Å². The van der Waals surface area contributed by atoms with Crippen molar-refractivity contribution in [1.29, 1.82) is 5.26 Å². The highest BCUT2D eigenvalue weighted by atomic mass is 19.1. The number of rotatable bonds is 8. The van der Waals surface area contributed by atoms with Crippen molar-refractivity contribution in [2.75, 3.05) is 18.0 Å². The molecule has 1 atom stereocenters. The maximum atomic E-state index is 14.4. The molecule has 0 heterocycles. The van der Waals surface area contributed by atoms with Crippen LogP contribution in [0.15, 0.2) is 18.2 Å². The highest BCUT2D eigenvalue weighted by molar-refractivity contribution is 5.51. The Morgan fingerprint density at radius 2 is 2.24 bits per heavy atom. The van der Waals surface area contributed by atoms with E-state index in [1.165, 1.54) is 0 Å². The van der Waals surface area contributed by atoms with Gasteiger partial charge in [-0.2, -0.15) is 5.26 Å². The first kappa shape index (κ1) is 15.8. The molecule has 1 aliphatic carbocycles. The minimum absolute atomic E-state index is 0.155. The second-order valence-electron chi connectivity index (χ2n) is 5.72. The van der Waals surface area contributed by atoms with Crippen molar-refractivity contribution < 1.29 is 4.39 Å². The largest absolute Gasteiger partial charge is 0.365 e. The molecule has 21 heavy (non-hydrogen) atoms. The Balaban J connectivity index is 2.12. The predicted octanol–water partition coefficient (Wildman–Crippen LogP) is 3.77. The van der Waals surface area contributed by atoms with Gasteiger partial charge < -0.3 is 10.2 Å². The first-order valence-electron chi connectivity index (χ1n) is 7.83. The topological polar surface area (TPSA) is 39.1 Å². The Labute approximate surface area is 126 Å². The maximum Gasteiger partial charge on any atom is 0.146 e. The van der Waals surface area contributed by atoms with Crippen LogP contribution in [0.25, 0.3) is 0 Å². The van der Waals surface area contributed by atoms with Gasteiger partial charge in [0.2, 0.25) is 0 Å². The Hall–Kier alpha value is -1.60. The number of nitrogens with zero attached hydrogens (tertiary/aromatic N) is 2. The summed E-state index contributed by atoms with van der Waals surface area (Å²) < 4.78 is 14.4. The van der Waals surface area contributed by atoms with Gasteiger partial charge in [-0.1, -0.05) is 13.0 Å². The number of halogens is 1. The molecular weight excluding hydrogens is 265 g/mol.